The monoisotopic (exact) mass is 395 g/mol. The van der Waals surface area contributed by atoms with Crippen molar-refractivity contribution in [3.63, 3.8) is 0 Å². The molecule has 2 heterocycles. The topological polar surface area (TPSA) is 93.5 Å². The molecule has 0 bridgehead atoms. The molecule has 0 unspecified atom stereocenters. The number of nitrogens with zero attached hydrogens (tertiary/aromatic N) is 3. The maximum atomic E-state index is 15.1. The summed E-state index contributed by atoms with van der Waals surface area (Å²) in [4.78, 5) is 10.2. The van der Waals surface area contributed by atoms with E-state index in [-0.39, 0.29) is 12.4 Å². The fraction of sp³-hybridized carbons (Fsp3) is 0.800. The van der Waals surface area contributed by atoms with Crippen LogP contribution in [0.4, 0.5) is 16.0 Å². The summed E-state index contributed by atoms with van der Waals surface area (Å²) in [5.41, 5.74) is -1.30. The molecule has 2 fully saturated rings. The zero-order valence-electron chi connectivity index (χ0n) is 17.0. The Kier molecular flexibility index (Phi) is 7.06. The normalized spacial score (nSPS) is 30.8. The molecule has 2 aliphatic rings. The average Bonchev–Trinajstić information content (AvgIpc) is 2.69. The van der Waals surface area contributed by atoms with E-state index >= 15 is 4.39 Å². The van der Waals surface area contributed by atoms with Gasteiger partial charge >= 0.3 is 0 Å². The molecule has 0 amide bonds. The fourth-order valence-electron chi connectivity index (χ4n) is 4.24. The lowest BCUT2D eigenvalue weighted by Crippen LogP contribution is -2.57. The van der Waals surface area contributed by atoms with E-state index in [0.29, 0.717) is 37.8 Å². The van der Waals surface area contributed by atoms with Crippen LogP contribution in [0.15, 0.2) is 6.33 Å². The van der Waals surface area contributed by atoms with Gasteiger partial charge in [0, 0.05) is 26.2 Å². The molecule has 158 valence electrons. The van der Waals surface area contributed by atoms with Crippen molar-refractivity contribution in [3.05, 3.63) is 12.1 Å². The molecule has 1 aliphatic carbocycles. The number of aromatic nitrogens is 2. The number of anilines is 2. The van der Waals surface area contributed by atoms with Gasteiger partial charge in [-0.15, -0.1) is 0 Å². The van der Waals surface area contributed by atoms with E-state index in [2.05, 4.69) is 27.5 Å². The highest BCUT2D eigenvalue weighted by molar-refractivity contribution is 5.51. The summed E-state index contributed by atoms with van der Waals surface area (Å²) in [5.74, 6) is 1.22. The summed E-state index contributed by atoms with van der Waals surface area (Å²) in [6.07, 6.45) is 5.66. The van der Waals surface area contributed by atoms with Crippen molar-refractivity contribution in [1.29, 1.82) is 0 Å². The second-order valence-electron chi connectivity index (χ2n) is 8.45. The minimum absolute atomic E-state index is 0.0376. The molecule has 1 aliphatic heterocycles. The lowest BCUT2D eigenvalue weighted by molar-refractivity contribution is -0.0821. The van der Waals surface area contributed by atoms with Crippen molar-refractivity contribution in [2.24, 2.45) is 11.8 Å². The van der Waals surface area contributed by atoms with Gasteiger partial charge in [0.05, 0.1) is 6.10 Å². The first-order valence-corrected chi connectivity index (χ1v) is 10.5. The number of nitrogens with one attached hydrogen (secondary N) is 2. The number of rotatable bonds is 7. The first-order chi connectivity index (χ1) is 13.4. The van der Waals surface area contributed by atoms with Gasteiger partial charge in [-0.25, -0.2) is 9.97 Å². The number of halogens is 1. The highest BCUT2D eigenvalue weighted by atomic mass is 19.1. The molecule has 1 saturated heterocycles. The number of β-amino-alcohol motifs (C(OH)–C–C–N with tert-alkyl or cyclic N) is 1. The van der Waals surface area contributed by atoms with Gasteiger partial charge in [-0.05, 0) is 44.6 Å². The highest BCUT2D eigenvalue weighted by Crippen LogP contribution is 2.31. The van der Waals surface area contributed by atoms with Crippen molar-refractivity contribution in [2.75, 3.05) is 42.9 Å². The fourth-order valence-corrected chi connectivity index (χ4v) is 4.24. The molecule has 0 spiro atoms. The standard InChI is InChI=1S/C20H34FN5O2/c1-3-26(11-15-6-4-14(2)5-7-15)19-17(21)18(24-13-25-19)23-12-20(28)8-9-22-10-16(20)27/h13-16,22,27-28H,3-12H2,1-2H3,(H,23,24,25)/t14?,15?,16-,20-/m0/s1. The van der Waals surface area contributed by atoms with Crippen molar-refractivity contribution >= 4 is 11.6 Å². The van der Waals surface area contributed by atoms with Crippen LogP contribution in [0.2, 0.25) is 0 Å². The first kappa shape index (κ1) is 21.2. The van der Waals surface area contributed by atoms with Crippen molar-refractivity contribution in [2.45, 2.75) is 57.7 Å². The van der Waals surface area contributed by atoms with E-state index in [1.54, 1.807) is 0 Å². The van der Waals surface area contributed by atoms with Gasteiger partial charge in [0.15, 0.2) is 11.6 Å². The molecular formula is C20H34FN5O2. The van der Waals surface area contributed by atoms with Crippen LogP contribution in [0.1, 0.15) is 46.0 Å². The Labute approximate surface area is 166 Å². The summed E-state index contributed by atoms with van der Waals surface area (Å²) in [5, 5.41) is 26.6. The summed E-state index contributed by atoms with van der Waals surface area (Å²) in [6, 6.07) is 0. The second-order valence-corrected chi connectivity index (χ2v) is 8.45. The van der Waals surface area contributed by atoms with Gasteiger partial charge in [0.25, 0.3) is 0 Å². The molecule has 1 aromatic heterocycles. The predicted molar refractivity (Wildman–Crippen MR) is 108 cm³/mol. The molecule has 8 heteroatoms. The zero-order chi connectivity index (χ0) is 20.1. The molecule has 0 aromatic carbocycles. The Hall–Kier alpha value is -1.51. The highest BCUT2D eigenvalue weighted by Gasteiger charge is 2.38. The van der Waals surface area contributed by atoms with Crippen LogP contribution < -0.4 is 15.5 Å². The van der Waals surface area contributed by atoms with Gasteiger partial charge in [-0.2, -0.15) is 4.39 Å². The maximum absolute atomic E-state index is 15.1. The van der Waals surface area contributed by atoms with Crippen molar-refractivity contribution in [3.8, 4) is 0 Å². The lowest BCUT2D eigenvalue weighted by atomic mass is 9.83. The molecule has 1 saturated carbocycles. The van der Waals surface area contributed by atoms with Crippen molar-refractivity contribution in [1.82, 2.24) is 15.3 Å². The lowest BCUT2D eigenvalue weighted by Gasteiger charge is -2.37. The minimum atomic E-state index is -1.30. The number of piperidine rings is 1. The van der Waals surface area contributed by atoms with Crippen molar-refractivity contribution < 1.29 is 14.6 Å². The second kappa shape index (κ2) is 9.33. The van der Waals surface area contributed by atoms with Gasteiger partial charge in [0.1, 0.15) is 11.9 Å². The van der Waals surface area contributed by atoms with Crippen LogP contribution in [0.3, 0.4) is 0 Å². The maximum Gasteiger partial charge on any atom is 0.207 e. The molecule has 28 heavy (non-hydrogen) atoms. The third-order valence-corrected chi connectivity index (χ3v) is 6.32. The average molecular weight is 396 g/mol. The van der Waals surface area contributed by atoms with E-state index in [0.717, 1.165) is 12.5 Å². The number of aliphatic hydroxyl groups excluding tert-OH is 1. The van der Waals surface area contributed by atoms with Crippen LogP contribution >= 0.6 is 0 Å². The molecule has 3 rings (SSSR count). The van der Waals surface area contributed by atoms with E-state index in [9.17, 15) is 10.2 Å². The third kappa shape index (κ3) is 4.90. The number of hydrogen-bond acceptors (Lipinski definition) is 7. The quantitative estimate of drug-likeness (QED) is 0.559. The van der Waals surface area contributed by atoms with Gasteiger partial charge in [-0.3, -0.25) is 0 Å². The van der Waals surface area contributed by atoms with E-state index in [1.165, 1.54) is 32.0 Å². The van der Waals surface area contributed by atoms with Gasteiger partial charge in [0.2, 0.25) is 5.82 Å². The Morgan fingerprint density at radius 1 is 1.32 bits per heavy atom. The Balaban J connectivity index is 1.67. The summed E-state index contributed by atoms with van der Waals surface area (Å²) in [6.45, 7) is 6.74. The van der Waals surface area contributed by atoms with Crippen LogP contribution in [0.5, 0.6) is 0 Å². The van der Waals surface area contributed by atoms with Crippen LogP contribution in [-0.4, -0.2) is 64.6 Å². The van der Waals surface area contributed by atoms with Crippen LogP contribution in [0, 0.1) is 17.7 Å². The number of hydrogen-bond donors (Lipinski definition) is 4. The molecule has 4 N–H and O–H groups in total. The largest absolute Gasteiger partial charge is 0.389 e. The Morgan fingerprint density at radius 3 is 2.75 bits per heavy atom. The van der Waals surface area contributed by atoms with Crippen LogP contribution in [0.25, 0.3) is 0 Å². The Bertz CT molecular complexity index is 641. The summed E-state index contributed by atoms with van der Waals surface area (Å²) >= 11 is 0. The van der Waals surface area contributed by atoms with Gasteiger partial charge in [-0.1, -0.05) is 19.8 Å². The van der Waals surface area contributed by atoms with E-state index in [4.69, 9.17) is 0 Å². The summed E-state index contributed by atoms with van der Waals surface area (Å²) in [7, 11) is 0. The van der Waals surface area contributed by atoms with E-state index in [1.807, 2.05) is 11.8 Å². The molecule has 1 aromatic rings. The molecular weight excluding hydrogens is 361 g/mol. The zero-order valence-corrected chi connectivity index (χ0v) is 17.0. The SMILES string of the molecule is CCN(CC1CCC(C)CC1)c1ncnc(NC[C@@]2(O)CCNC[C@@H]2O)c1F. The minimum Gasteiger partial charge on any atom is -0.389 e. The molecule has 7 nitrogen and oxygen atoms in total. The first-order valence-electron chi connectivity index (χ1n) is 10.5. The van der Waals surface area contributed by atoms with E-state index < -0.39 is 17.5 Å². The third-order valence-electron chi connectivity index (χ3n) is 6.32. The summed E-state index contributed by atoms with van der Waals surface area (Å²) < 4.78 is 15.1. The molecule has 2 atom stereocenters. The molecule has 0 radical (unpaired) electrons. The smallest absolute Gasteiger partial charge is 0.207 e. The number of aliphatic hydroxyl groups is 2. The Morgan fingerprint density at radius 2 is 2.07 bits per heavy atom. The van der Waals surface area contributed by atoms with Crippen LogP contribution in [-0.2, 0) is 0 Å². The predicted octanol–water partition coefficient (Wildman–Crippen LogP) is 1.77. The van der Waals surface area contributed by atoms with Gasteiger partial charge < -0.3 is 25.7 Å².